The molecule has 0 bridgehead atoms. The Bertz CT molecular complexity index is 378. The zero-order chi connectivity index (χ0) is 12.5. The van der Waals surface area contributed by atoms with Crippen molar-refractivity contribution in [3.63, 3.8) is 0 Å². The van der Waals surface area contributed by atoms with E-state index in [0.717, 1.165) is 30.3 Å². The molecule has 1 aromatic rings. The SMILES string of the molecule is Cc1nc(CN2CC(CO)OC(C)(C)C2)cs1. The van der Waals surface area contributed by atoms with Crippen LogP contribution < -0.4 is 0 Å². The predicted octanol–water partition coefficient (Wildman–Crippen LogP) is 1.42. The van der Waals surface area contributed by atoms with Crippen molar-refractivity contribution in [2.45, 2.75) is 39.0 Å². The molecular weight excluding hydrogens is 236 g/mol. The highest BCUT2D eigenvalue weighted by Gasteiger charge is 2.33. The molecule has 2 heterocycles. The second kappa shape index (κ2) is 5.02. The number of morpholine rings is 1. The molecule has 0 aromatic carbocycles. The van der Waals surface area contributed by atoms with Gasteiger partial charge in [-0.05, 0) is 20.8 Å². The lowest BCUT2D eigenvalue weighted by Gasteiger charge is -2.42. The van der Waals surface area contributed by atoms with Gasteiger partial charge in [-0.1, -0.05) is 0 Å². The molecule has 2 rings (SSSR count). The molecule has 0 saturated carbocycles. The van der Waals surface area contributed by atoms with Crippen molar-refractivity contribution >= 4 is 11.3 Å². The maximum atomic E-state index is 9.25. The molecule has 1 saturated heterocycles. The second-order valence-corrected chi connectivity index (χ2v) is 6.27. The molecule has 1 aliphatic heterocycles. The van der Waals surface area contributed by atoms with Crippen LogP contribution in [-0.4, -0.2) is 46.4 Å². The van der Waals surface area contributed by atoms with Gasteiger partial charge in [-0.3, -0.25) is 4.90 Å². The molecule has 1 aromatic heterocycles. The van der Waals surface area contributed by atoms with Crippen LogP contribution in [0.25, 0.3) is 0 Å². The van der Waals surface area contributed by atoms with E-state index in [9.17, 15) is 5.11 Å². The Kier molecular flexibility index (Phi) is 3.82. The van der Waals surface area contributed by atoms with Gasteiger partial charge in [0.2, 0.25) is 0 Å². The van der Waals surface area contributed by atoms with Gasteiger partial charge in [0.25, 0.3) is 0 Å². The van der Waals surface area contributed by atoms with Crippen molar-refractivity contribution in [3.8, 4) is 0 Å². The Morgan fingerprint density at radius 3 is 3.00 bits per heavy atom. The van der Waals surface area contributed by atoms with E-state index in [-0.39, 0.29) is 18.3 Å². The molecule has 0 amide bonds. The van der Waals surface area contributed by atoms with Gasteiger partial charge < -0.3 is 9.84 Å². The van der Waals surface area contributed by atoms with Gasteiger partial charge in [0, 0.05) is 25.0 Å². The van der Waals surface area contributed by atoms with Crippen LogP contribution in [0.1, 0.15) is 24.5 Å². The minimum Gasteiger partial charge on any atom is -0.394 e. The normalized spacial score (nSPS) is 25.1. The van der Waals surface area contributed by atoms with Gasteiger partial charge in [-0.25, -0.2) is 4.98 Å². The number of ether oxygens (including phenoxy) is 1. The number of aromatic nitrogens is 1. The zero-order valence-corrected chi connectivity index (χ0v) is 11.5. The highest BCUT2D eigenvalue weighted by molar-refractivity contribution is 7.09. The fraction of sp³-hybridized carbons (Fsp3) is 0.750. The van der Waals surface area contributed by atoms with Gasteiger partial charge in [0.1, 0.15) is 0 Å². The molecule has 1 fully saturated rings. The number of thiazole rings is 1. The molecule has 1 aliphatic rings. The Morgan fingerprint density at radius 2 is 2.41 bits per heavy atom. The summed E-state index contributed by atoms with van der Waals surface area (Å²) in [6.45, 7) is 8.72. The lowest BCUT2D eigenvalue weighted by Crippen LogP contribution is -2.53. The Labute approximate surface area is 106 Å². The molecule has 0 radical (unpaired) electrons. The monoisotopic (exact) mass is 256 g/mol. The largest absolute Gasteiger partial charge is 0.394 e. The van der Waals surface area contributed by atoms with E-state index in [4.69, 9.17) is 4.74 Å². The van der Waals surface area contributed by atoms with Gasteiger partial charge in [-0.15, -0.1) is 11.3 Å². The summed E-state index contributed by atoms with van der Waals surface area (Å²) in [6.07, 6.45) is -0.0847. The van der Waals surface area contributed by atoms with E-state index in [0.29, 0.717) is 0 Å². The van der Waals surface area contributed by atoms with E-state index in [1.54, 1.807) is 11.3 Å². The van der Waals surface area contributed by atoms with Crippen LogP contribution in [0.5, 0.6) is 0 Å². The summed E-state index contributed by atoms with van der Waals surface area (Å²) in [5.74, 6) is 0. The number of aliphatic hydroxyl groups is 1. The molecule has 1 atom stereocenters. The molecule has 5 heteroatoms. The van der Waals surface area contributed by atoms with Crippen molar-refractivity contribution in [2.75, 3.05) is 19.7 Å². The van der Waals surface area contributed by atoms with Crippen LogP contribution >= 0.6 is 11.3 Å². The molecule has 0 aliphatic carbocycles. The maximum Gasteiger partial charge on any atom is 0.0940 e. The van der Waals surface area contributed by atoms with E-state index in [1.165, 1.54) is 0 Å². The summed E-state index contributed by atoms with van der Waals surface area (Å²) in [5.41, 5.74) is 0.915. The Balaban J connectivity index is 2.00. The summed E-state index contributed by atoms with van der Waals surface area (Å²) in [4.78, 5) is 6.78. The number of rotatable bonds is 3. The highest BCUT2D eigenvalue weighted by atomic mass is 32.1. The van der Waals surface area contributed by atoms with E-state index >= 15 is 0 Å². The number of hydrogen-bond donors (Lipinski definition) is 1. The van der Waals surface area contributed by atoms with Crippen LogP contribution in [0.3, 0.4) is 0 Å². The summed E-state index contributed by atoms with van der Waals surface area (Å²) < 4.78 is 5.79. The zero-order valence-electron chi connectivity index (χ0n) is 10.6. The quantitative estimate of drug-likeness (QED) is 0.888. The third kappa shape index (κ3) is 3.48. The van der Waals surface area contributed by atoms with E-state index in [1.807, 2.05) is 6.92 Å². The lowest BCUT2D eigenvalue weighted by atomic mass is 10.1. The third-order valence-corrected chi connectivity index (χ3v) is 3.63. The summed E-state index contributed by atoms with van der Waals surface area (Å²) in [5, 5.41) is 12.5. The summed E-state index contributed by atoms with van der Waals surface area (Å²) >= 11 is 1.68. The van der Waals surface area contributed by atoms with Gasteiger partial charge in [0.05, 0.1) is 29.0 Å². The van der Waals surface area contributed by atoms with Crippen molar-refractivity contribution in [2.24, 2.45) is 0 Å². The summed E-state index contributed by atoms with van der Waals surface area (Å²) in [6, 6.07) is 0. The molecular formula is C12H20N2O2S. The molecule has 17 heavy (non-hydrogen) atoms. The van der Waals surface area contributed by atoms with Crippen molar-refractivity contribution in [1.82, 2.24) is 9.88 Å². The molecule has 0 spiro atoms. The minimum absolute atomic E-state index is 0.0794. The van der Waals surface area contributed by atoms with E-state index < -0.39 is 0 Å². The number of aryl methyl sites for hydroxylation is 1. The van der Waals surface area contributed by atoms with Gasteiger partial charge in [-0.2, -0.15) is 0 Å². The first-order chi connectivity index (χ1) is 7.98. The van der Waals surface area contributed by atoms with Crippen molar-refractivity contribution < 1.29 is 9.84 Å². The van der Waals surface area contributed by atoms with Crippen molar-refractivity contribution in [1.29, 1.82) is 0 Å². The average molecular weight is 256 g/mol. The smallest absolute Gasteiger partial charge is 0.0940 e. The lowest BCUT2D eigenvalue weighted by molar-refractivity contribution is -0.150. The highest BCUT2D eigenvalue weighted by Crippen LogP contribution is 2.22. The van der Waals surface area contributed by atoms with Gasteiger partial charge in [0.15, 0.2) is 0 Å². The van der Waals surface area contributed by atoms with Crippen LogP contribution in [0, 0.1) is 6.92 Å². The van der Waals surface area contributed by atoms with Gasteiger partial charge >= 0.3 is 0 Å². The van der Waals surface area contributed by atoms with Crippen LogP contribution in [-0.2, 0) is 11.3 Å². The fourth-order valence-corrected chi connectivity index (χ4v) is 2.95. The van der Waals surface area contributed by atoms with Crippen LogP contribution in [0.15, 0.2) is 5.38 Å². The first-order valence-electron chi connectivity index (χ1n) is 5.90. The third-order valence-electron chi connectivity index (χ3n) is 2.81. The first kappa shape index (κ1) is 13.0. The first-order valence-corrected chi connectivity index (χ1v) is 6.78. The maximum absolute atomic E-state index is 9.25. The molecule has 4 nitrogen and oxygen atoms in total. The second-order valence-electron chi connectivity index (χ2n) is 5.21. The topological polar surface area (TPSA) is 45.6 Å². The number of aliphatic hydroxyl groups excluding tert-OH is 1. The van der Waals surface area contributed by atoms with E-state index in [2.05, 4.69) is 29.1 Å². The molecule has 96 valence electrons. The Morgan fingerprint density at radius 1 is 1.65 bits per heavy atom. The number of hydrogen-bond acceptors (Lipinski definition) is 5. The molecule has 1 N–H and O–H groups in total. The minimum atomic E-state index is -0.198. The number of nitrogens with zero attached hydrogens (tertiary/aromatic N) is 2. The standard InChI is InChI=1S/C12H20N2O2S/c1-9-13-10(7-17-9)4-14-5-11(6-15)16-12(2,3)8-14/h7,11,15H,4-6,8H2,1-3H3. The van der Waals surface area contributed by atoms with Crippen LogP contribution in [0.4, 0.5) is 0 Å². The average Bonchev–Trinajstić information content (AvgIpc) is 2.61. The van der Waals surface area contributed by atoms with Crippen molar-refractivity contribution in [3.05, 3.63) is 16.1 Å². The summed E-state index contributed by atoms with van der Waals surface area (Å²) in [7, 11) is 0. The molecule has 1 unspecified atom stereocenters. The Hall–Kier alpha value is -0.490. The van der Waals surface area contributed by atoms with Crippen LogP contribution in [0.2, 0.25) is 0 Å². The predicted molar refractivity (Wildman–Crippen MR) is 68.2 cm³/mol. The fourth-order valence-electron chi connectivity index (χ4n) is 2.34.